The number of esters is 1. The number of benzene rings is 1. The summed E-state index contributed by atoms with van der Waals surface area (Å²) in [5.41, 5.74) is 1.13. The largest absolute Gasteiger partial charge is 0.456 e. The predicted molar refractivity (Wildman–Crippen MR) is 77.0 cm³/mol. The Morgan fingerprint density at radius 2 is 2.06 bits per heavy atom. The van der Waals surface area contributed by atoms with E-state index in [1.807, 2.05) is 39.0 Å². The third kappa shape index (κ3) is 4.05. The highest BCUT2D eigenvalue weighted by Crippen LogP contribution is 2.20. The van der Waals surface area contributed by atoms with Gasteiger partial charge in [0.25, 0.3) is 0 Å². The Kier molecular flexibility index (Phi) is 4.79. The van der Waals surface area contributed by atoms with E-state index in [9.17, 15) is 4.79 Å². The third-order valence-electron chi connectivity index (χ3n) is 1.83. The van der Waals surface area contributed by atoms with E-state index in [4.69, 9.17) is 4.74 Å². The summed E-state index contributed by atoms with van der Waals surface area (Å²) in [4.78, 5) is 11.9. The zero-order chi connectivity index (χ0) is 12.3. The molecule has 0 aliphatic heterocycles. The van der Waals surface area contributed by atoms with Gasteiger partial charge in [0.15, 0.2) is 0 Å². The molecule has 0 radical (unpaired) electrons. The highest BCUT2D eigenvalue weighted by molar-refractivity contribution is 14.1. The van der Waals surface area contributed by atoms with Crippen LogP contribution in [0.25, 0.3) is 0 Å². The van der Waals surface area contributed by atoms with Crippen LogP contribution < -0.4 is 0 Å². The van der Waals surface area contributed by atoms with Crippen molar-refractivity contribution in [3.8, 4) is 0 Å². The van der Waals surface area contributed by atoms with Crippen LogP contribution in [0.3, 0.4) is 0 Å². The smallest absolute Gasteiger partial charge is 0.338 e. The van der Waals surface area contributed by atoms with Crippen LogP contribution in [0.15, 0.2) is 18.2 Å². The van der Waals surface area contributed by atoms with Crippen LogP contribution in [-0.4, -0.2) is 11.6 Å². The van der Waals surface area contributed by atoms with Gasteiger partial charge in [0, 0.05) is 8.90 Å². The summed E-state index contributed by atoms with van der Waals surface area (Å²) in [5.74, 6) is -0.263. The van der Waals surface area contributed by atoms with Gasteiger partial charge in [-0.25, -0.2) is 4.79 Å². The fourth-order valence-corrected chi connectivity index (χ4v) is 2.17. The Balaban J connectivity index is 3.02. The first-order valence-electron chi connectivity index (χ1n) is 4.91. The first-order valence-corrected chi connectivity index (χ1v) is 7.11. The van der Waals surface area contributed by atoms with Gasteiger partial charge in [-0.05, 0) is 61.1 Å². The number of carbonyl (C=O) groups excluding carboxylic acids is 1. The molecule has 0 saturated heterocycles. The van der Waals surface area contributed by atoms with Crippen LogP contribution in [0.2, 0.25) is 0 Å². The second-order valence-electron chi connectivity index (χ2n) is 4.44. The van der Waals surface area contributed by atoms with Crippen LogP contribution in [0.5, 0.6) is 0 Å². The number of ether oxygens (including phenoxy) is 1. The molecule has 0 unspecified atom stereocenters. The van der Waals surface area contributed by atoms with Gasteiger partial charge in [0.2, 0.25) is 0 Å². The normalized spacial score (nSPS) is 11.3. The molecule has 0 saturated carbocycles. The van der Waals surface area contributed by atoms with Crippen molar-refractivity contribution in [3.05, 3.63) is 32.9 Å². The minimum Gasteiger partial charge on any atom is -0.456 e. The molecular formula is C12H14BrIO2. The number of alkyl halides is 1. The molecule has 88 valence electrons. The van der Waals surface area contributed by atoms with Crippen molar-refractivity contribution in [2.45, 2.75) is 31.7 Å². The zero-order valence-corrected chi connectivity index (χ0v) is 13.3. The molecule has 0 heterocycles. The van der Waals surface area contributed by atoms with Crippen molar-refractivity contribution >= 4 is 44.5 Å². The first-order chi connectivity index (χ1) is 7.33. The van der Waals surface area contributed by atoms with Gasteiger partial charge in [0.05, 0.1) is 5.56 Å². The molecule has 16 heavy (non-hydrogen) atoms. The lowest BCUT2D eigenvalue weighted by molar-refractivity contribution is 0.00686. The quantitative estimate of drug-likeness (QED) is 0.426. The van der Waals surface area contributed by atoms with E-state index in [0.717, 1.165) is 9.13 Å². The summed E-state index contributed by atoms with van der Waals surface area (Å²) in [6.07, 6.45) is 0. The summed E-state index contributed by atoms with van der Waals surface area (Å²) < 4.78 is 6.39. The maximum absolute atomic E-state index is 11.9. The van der Waals surface area contributed by atoms with Crippen molar-refractivity contribution in [2.24, 2.45) is 0 Å². The van der Waals surface area contributed by atoms with Crippen LogP contribution in [0, 0.1) is 3.57 Å². The lowest BCUT2D eigenvalue weighted by Crippen LogP contribution is -2.24. The third-order valence-corrected chi connectivity index (χ3v) is 3.11. The Hall–Kier alpha value is -0.100. The van der Waals surface area contributed by atoms with Crippen molar-refractivity contribution in [1.29, 1.82) is 0 Å². The summed E-state index contributed by atoms with van der Waals surface area (Å²) in [6, 6.07) is 5.77. The maximum Gasteiger partial charge on any atom is 0.338 e. The SMILES string of the molecule is CC(C)(C)OC(=O)c1cc(I)ccc1CBr. The van der Waals surface area contributed by atoms with Gasteiger partial charge in [-0.2, -0.15) is 0 Å². The molecule has 0 aliphatic carbocycles. The Morgan fingerprint density at radius 3 is 2.56 bits per heavy atom. The molecule has 1 aromatic rings. The number of carbonyl (C=O) groups is 1. The number of hydrogen-bond donors (Lipinski definition) is 0. The second-order valence-corrected chi connectivity index (χ2v) is 6.24. The van der Waals surface area contributed by atoms with Crippen molar-refractivity contribution in [2.75, 3.05) is 0 Å². The topological polar surface area (TPSA) is 26.3 Å². The summed E-state index contributed by atoms with van der Waals surface area (Å²) in [5, 5.41) is 0.651. The fraction of sp³-hybridized carbons (Fsp3) is 0.417. The number of halogens is 2. The lowest BCUT2D eigenvalue weighted by atomic mass is 10.1. The molecule has 0 fully saturated rings. The monoisotopic (exact) mass is 396 g/mol. The second kappa shape index (κ2) is 5.49. The molecule has 1 aromatic carbocycles. The van der Waals surface area contributed by atoms with Crippen molar-refractivity contribution in [3.63, 3.8) is 0 Å². The van der Waals surface area contributed by atoms with E-state index in [-0.39, 0.29) is 5.97 Å². The Bertz CT molecular complexity index is 396. The van der Waals surface area contributed by atoms with Gasteiger partial charge in [-0.3, -0.25) is 0 Å². The average Bonchev–Trinajstić information content (AvgIpc) is 2.15. The predicted octanol–water partition coefficient (Wildman–Crippen LogP) is 4.14. The van der Waals surface area contributed by atoms with Gasteiger partial charge >= 0.3 is 5.97 Å². The van der Waals surface area contributed by atoms with Gasteiger partial charge in [-0.15, -0.1) is 0 Å². The van der Waals surface area contributed by atoms with Gasteiger partial charge in [0.1, 0.15) is 5.60 Å². The molecule has 0 aliphatic rings. The summed E-state index contributed by atoms with van der Waals surface area (Å²) in [7, 11) is 0. The minimum atomic E-state index is -0.456. The minimum absolute atomic E-state index is 0.263. The number of rotatable bonds is 2. The average molecular weight is 397 g/mol. The molecular weight excluding hydrogens is 383 g/mol. The lowest BCUT2D eigenvalue weighted by Gasteiger charge is -2.20. The van der Waals surface area contributed by atoms with Gasteiger partial charge in [-0.1, -0.05) is 22.0 Å². The molecule has 0 spiro atoms. The van der Waals surface area contributed by atoms with E-state index >= 15 is 0 Å². The first kappa shape index (κ1) is 14.0. The van der Waals surface area contributed by atoms with Crippen LogP contribution in [0.4, 0.5) is 0 Å². The molecule has 0 atom stereocenters. The van der Waals surface area contributed by atoms with Gasteiger partial charge < -0.3 is 4.74 Å². The van der Waals surface area contributed by atoms with E-state index in [0.29, 0.717) is 10.9 Å². The molecule has 0 N–H and O–H groups in total. The fourth-order valence-electron chi connectivity index (χ4n) is 1.19. The van der Waals surface area contributed by atoms with Crippen LogP contribution in [0.1, 0.15) is 36.7 Å². The van der Waals surface area contributed by atoms with Crippen LogP contribution in [-0.2, 0) is 10.1 Å². The summed E-state index contributed by atoms with van der Waals surface area (Å²) in [6.45, 7) is 5.60. The molecule has 4 heteroatoms. The Labute approximate surface area is 118 Å². The maximum atomic E-state index is 11.9. The molecule has 0 aromatic heterocycles. The molecule has 0 bridgehead atoms. The van der Waals surface area contributed by atoms with Crippen molar-refractivity contribution in [1.82, 2.24) is 0 Å². The molecule has 2 nitrogen and oxygen atoms in total. The standard InChI is InChI=1S/C12H14BrIO2/c1-12(2,3)16-11(15)10-6-9(14)5-4-8(10)7-13/h4-6H,7H2,1-3H3. The van der Waals surface area contributed by atoms with E-state index in [1.54, 1.807) is 0 Å². The van der Waals surface area contributed by atoms with E-state index in [1.165, 1.54) is 0 Å². The number of hydrogen-bond acceptors (Lipinski definition) is 2. The molecule has 0 amide bonds. The van der Waals surface area contributed by atoms with Crippen molar-refractivity contribution < 1.29 is 9.53 Å². The van der Waals surface area contributed by atoms with Crippen LogP contribution >= 0.6 is 38.5 Å². The zero-order valence-electron chi connectivity index (χ0n) is 9.51. The summed E-state index contributed by atoms with van der Waals surface area (Å²) >= 11 is 5.56. The highest BCUT2D eigenvalue weighted by Gasteiger charge is 2.20. The molecule has 1 rings (SSSR count). The van der Waals surface area contributed by atoms with E-state index in [2.05, 4.69) is 38.5 Å². The highest BCUT2D eigenvalue weighted by atomic mass is 127. The Morgan fingerprint density at radius 1 is 1.44 bits per heavy atom. The van der Waals surface area contributed by atoms with E-state index < -0.39 is 5.60 Å².